The number of carbonyl (C=O) groups is 1. The molecule has 1 fully saturated rings. The lowest BCUT2D eigenvalue weighted by Gasteiger charge is -2.28. The molecule has 2 heterocycles. The Morgan fingerprint density at radius 1 is 1.00 bits per heavy atom. The number of fused-ring (bicyclic) bond motifs is 1. The summed E-state index contributed by atoms with van der Waals surface area (Å²) in [4.78, 5) is 14.8. The maximum Gasteiger partial charge on any atom is 0.266 e. The van der Waals surface area contributed by atoms with Gasteiger partial charge in [-0.05, 0) is 35.9 Å². The number of nitrogens with zero attached hydrogens (tertiary/aromatic N) is 2. The van der Waals surface area contributed by atoms with Crippen molar-refractivity contribution in [3.8, 4) is 17.6 Å². The molecule has 2 aromatic rings. The lowest BCUT2D eigenvalue weighted by molar-refractivity contribution is -0.112. The molecule has 29 heavy (non-hydrogen) atoms. The van der Waals surface area contributed by atoms with Crippen LogP contribution in [0.5, 0.6) is 11.5 Å². The summed E-state index contributed by atoms with van der Waals surface area (Å²) in [6.07, 6.45) is 1.58. The minimum absolute atomic E-state index is 0.0269. The lowest BCUT2D eigenvalue weighted by atomic mass is 10.1. The minimum Gasteiger partial charge on any atom is -0.486 e. The number of morpholine rings is 1. The average Bonchev–Trinajstić information content (AvgIpc) is 2.78. The second-order valence-electron chi connectivity index (χ2n) is 6.67. The number of nitrogens with one attached hydrogen (secondary N) is 1. The number of carbonyl (C=O) groups excluding carboxylic acids is 1. The van der Waals surface area contributed by atoms with Gasteiger partial charge in [0.25, 0.3) is 5.91 Å². The molecule has 0 saturated carbocycles. The number of amides is 1. The van der Waals surface area contributed by atoms with Gasteiger partial charge in [0.05, 0.1) is 13.2 Å². The van der Waals surface area contributed by atoms with E-state index < -0.39 is 5.91 Å². The molecule has 0 spiro atoms. The molecule has 7 nitrogen and oxygen atoms in total. The number of nitriles is 1. The van der Waals surface area contributed by atoms with Gasteiger partial charge in [0, 0.05) is 30.5 Å². The third-order valence-electron chi connectivity index (χ3n) is 4.75. The molecule has 1 amide bonds. The first kappa shape index (κ1) is 18.8. The van der Waals surface area contributed by atoms with E-state index in [0.717, 1.165) is 37.6 Å². The van der Waals surface area contributed by atoms with Crippen LogP contribution in [0.4, 0.5) is 11.4 Å². The van der Waals surface area contributed by atoms with Crippen LogP contribution >= 0.6 is 0 Å². The summed E-state index contributed by atoms with van der Waals surface area (Å²) in [6.45, 7) is 4.13. The van der Waals surface area contributed by atoms with E-state index in [1.807, 2.05) is 30.3 Å². The van der Waals surface area contributed by atoms with Crippen LogP contribution in [0.15, 0.2) is 48.0 Å². The number of hydrogen-bond acceptors (Lipinski definition) is 6. The Bertz CT molecular complexity index is 957. The van der Waals surface area contributed by atoms with E-state index in [-0.39, 0.29) is 5.57 Å². The molecule has 0 unspecified atom stereocenters. The largest absolute Gasteiger partial charge is 0.486 e. The second kappa shape index (κ2) is 8.67. The van der Waals surface area contributed by atoms with Crippen LogP contribution in [0.3, 0.4) is 0 Å². The van der Waals surface area contributed by atoms with Gasteiger partial charge in [0.2, 0.25) is 0 Å². The van der Waals surface area contributed by atoms with Crippen LogP contribution in [0.2, 0.25) is 0 Å². The van der Waals surface area contributed by atoms with Crippen molar-refractivity contribution in [2.45, 2.75) is 0 Å². The molecule has 0 aliphatic carbocycles. The quantitative estimate of drug-likeness (QED) is 0.637. The Balaban J connectivity index is 1.45. The Morgan fingerprint density at radius 3 is 2.45 bits per heavy atom. The van der Waals surface area contributed by atoms with Crippen molar-refractivity contribution in [2.24, 2.45) is 0 Å². The molecule has 148 valence electrons. The zero-order chi connectivity index (χ0) is 20.1. The maximum absolute atomic E-state index is 12.5. The molecular formula is C22H21N3O4. The van der Waals surface area contributed by atoms with E-state index in [1.54, 1.807) is 24.3 Å². The van der Waals surface area contributed by atoms with Gasteiger partial charge < -0.3 is 24.4 Å². The van der Waals surface area contributed by atoms with Crippen molar-refractivity contribution in [2.75, 3.05) is 49.7 Å². The van der Waals surface area contributed by atoms with Gasteiger partial charge in [0.1, 0.15) is 24.9 Å². The van der Waals surface area contributed by atoms with E-state index in [2.05, 4.69) is 10.2 Å². The van der Waals surface area contributed by atoms with Crippen molar-refractivity contribution in [3.05, 3.63) is 53.6 Å². The fraction of sp³-hybridized carbons (Fsp3) is 0.273. The standard InChI is InChI=1S/C22H21N3O4/c23-15-17(13-16-1-4-19(5-2-16)25-7-9-27-10-8-25)22(26)24-18-3-6-20-21(14-18)29-12-11-28-20/h1-6,13-14H,7-12H2,(H,24,26). The monoisotopic (exact) mass is 391 g/mol. The zero-order valence-corrected chi connectivity index (χ0v) is 15.9. The Kier molecular flexibility index (Phi) is 5.63. The van der Waals surface area contributed by atoms with E-state index >= 15 is 0 Å². The molecule has 1 N–H and O–H groups in total. The predicted octanol–water partition coefficient (Wildman–Crippen LogP) is 2.84. The van der Waals surface area contributed by atoms with Crippen LogP contribution in [0.25, 0.3) is 6.08 Å². The molecule has 0 bridgehead atoms. The van der Waals surface area contributed by atoms with Crippen molar-refractivity contribution in [3.63, 3.8) is 0 Å². The first-order valence-corrected chi connectivity index (χ1v) is 9.48. The van der Waals surface area contributed by atoms with Gasteiger partial charge in [0.15, 0.2) is 11.5 Å². The highest BCUT2D eigenvalue weighted by Crippen LogP contribution is 2.32. The van der Waals surface area contributed by atoms with Gasteiger partial charge >= 0.3 is 0 Å². The molecule has 1 saturated heterocycles. The van der Waals surface area contributed by atoms with Crippen LogP contribution in [0.1, 0.15) is 5.56 Å². The summed E-state index contributed by atoms with van der Waals surface area (Å²) in [5, 5.41) is 12.2. The Labute approximate surface area is 169 Å². The molecule has 7 heteroatoms. The fourth-order valence-electron chi connectivity index (χ4n) is 3.24. The van der Waals surface area contributed by atoms with Gasteiger partial charge in [-0.1, -0.05) is 12.1 Å². The third-order valence-corrected chi connectivity index (χ3v) is 4.75. The number of rotatable bonds is 4. The minimum atomic E-state index is -0.471. The molecule has 2 aliphatic rings. The summed E-state index contributed by atoms with van der Waals surface area (Å²) in [6, 6.07) is 14.9. The first-order valence-electron chi connectivity index (χ1n) is 9.48. The van der Waals surface area contributed by atoms with Gasteiger partial charge in [-0.2, -0.15) is 5.26 Å². The lowest BCUT2D eigenvalue weighted by Crippen LogP contribution is -2.36. The van der Waals surface area contributed by atoms with Crippen LogP contribution in [-0.4, -0.2) is 45.4 Å². The van der Waals surface area contributed by atoms with Gasteiger partial charge in [-0.25, -0.2) is 0 Å². The first-order chi connectivity index (χ1) is 14.2. The molecule has 4 rings (SSSR count). The molecular weight excluding hydrogens is 370 g/mol. The Hall–Kier alpha value is -3.50. The van der Waals surface area contributed by atoms with E-state index in [1.165, 1.54) is 0 Å². The smallest absolute Gasteiger partial charge is 0.266 e. The maximum atomic E-state index is 12.5. The van der Waals surface area contributed by atoms with E-state index in [0.29, 0.717) is 30.4 Å². The fourth-order valence-corrected chi connectivity index (χ4v) is 3.24. The van der Waals surface area contributed by atoms with Crippen molar-refractivity contribution >= 4 is 23.4 Å². The zero-order valence-electron chi connectivity index (χ0n) is 15.9. The van der Waals surface area contributed by atoms with Crippen LogP contribution in [-0.2, 0) is 9.53 Å². The highest BCUT2D eigenvalue weighted by atomic mass is 16.6. The Morgan fingerprint density at radius 2 is 1.72 bits per heavy atom. The van der Waals surface area contributed by atoms with Crippen molar-refractivity contribution < 1.29 is 19.0 Å². The summed E-state index contributed by atoms with van der Waals surface area (Å²) in [5.41, 5.74) is 2.46. The summed E-state index contributed by atoms with van der Waals surface area (Å²) in [7, 11) is 0. The van der Waals surface area contributed by atoms with Crippen LogP contribution < -0.4 is 19.7 Å². The summed E-state index contributed by atoms with van der Waals surface area (Å²) < 4.78 is 16.4. The third kappa shape index (κ3) is 4.50. The normalized spacial score (nSPS) is 16.1. The molecule has 2 aliphatic heterocycles. The second-order valence-corrected chi connectivity index (χ2v) is 6.67. The molecule has 0 atom stereocenters. The van der Waals surface area contributed by atoms with Gasteiger partial charge in [-0.3, -0.25) is 4.79 Å². The highest BCUT2D eigenvalue weighted by molar-refractivity contribution is 6.09. The molecule has 2 aromatic carbocycles. The summed E-state index contributed by atoms with van der Waals surface area (Å²) in [5.74, 6) is 0.752. The molecule has 0 radical (unpaired) electrons. The highest BCUT2D eigenvalue weighted by Gasteiger charge is 2.15. The summed E-state index contributed by atoms with van der Waals surface area (Å²) >= 11 is 0. The SMILES string of the molecule is N#CC(=Cc1ccc(N2CCOCC2)cc1)C(=O)Nc1ccc2c(c1)OCCO2. The average molecular weight is 391 g/mol. The van der Waals surface area contributed by atoms with E-state index in [9.17, 15) is 10.1 Å². The van der Waals surface area contributed by atoms with Crippen molar-refractivity contribution in [1.82, 2.24) is 0 Å². The van der Waals surface area contributed by atoms with Crippen LogP contribution in [0, 0.1) is 11.3 Å². The number of hydrogen-bond donors (Lipinski definition) is 1. The number of anilines is 2. The molecule has 0 aromatic heterocycles. The van der Waals surface area contributed by atoms with Crippen molar-refractivity contribution in [1.29, 1.82) is 5.26 Å². The predicted molar refractivity (Wildman–Crippen MR) is 109 cm³/mol. The van der Waals surface area contributed by atoms with Gasteiger partial charge in [-0.15, -0.1) is 0 Å². The van der Waals surface area contributed by atoms with E-state index in [4.69, 9.17) is 14.2 Å². The number of benzene rings is 2. The topological polar surface area (TPSA) is 83.8 Å². The number of ether oxygens (including phenoxy) is 3.